The number of hydrogen-bond acceptors (Lipinski definition) is 4. The predicted molar refractivity (Wildman–Crippen MR) is 62.5 cm³/mol. The first kappa shape index (κ1) is 14.0. The van der Waals surface area contributed by atoms with Gasteiger partial charge in [0.15, 0.2) is 0 Å². The van der Waals surface area contributed by atoms with Crippen molar-refractivity contribution in [1.29, 1.82) is 0 Å². The summed E-state index contributed by atoms with van der Waals surface area (Å²) in [5.74, 6) is 0. The number of quaternary nitrogens is 1. The molecule has 0 aromatic rings. The number of methoxy groups -OCH3 is 1. The highest BCUT2D eigenvalue weighted by atomic mass is 16.6. The fourth-order valence-electron chi connectivity index (χ4n) is 2.20. The van der Waals surface area contributed by atoms with Crippen molar-refractivity contribution in [3.05, 3.63) is 0 Å². The van der Waals surface area contributed by atoms with E-state index in [0.717, 1.165) is 12.8 Å². The molecule has 0 spiro atoms. The van der Waals surface area contributed by atoms with Crippen LogP contribution in [-0.2, 0) is 9.47 Å². The quantitative estimate of drug-likeness (QED) is 0.615. The summed E-state index contributed by atoms with van der Waals surface area (Å²) in [5, 5.41) is 0. The van der Waals surface area contributed by atoms with Crippen molar-refractivity contribution in [2.24, 2.45) is 0 Å². The summed E-state index contributed by atoms with van der Waals surface area (Å²) < 4.78 is 9.79. The van der Waals surface area contributed by atoms with Gasteiger partial charge in [0.25, 0.3) is 0 Å². The van der Waals surface area contributed by atoms with Gasteiger partial charge in [-0.2, -0.15) is 9.59 Å². The largest absolute Gasteiger partial charge is 0.527 e. The Hall–Kier alpha value is -1.10. The highest BCUT2D eigenvalue weighted by molar-refractivity contribution is 5.77. The van der Waals surface area contributed by atoms with E-state index in [4.69, 9.17) is 9.47 Å². The number of hydrogen-bond donors (Lipinski definition) is 0. The van der Waals surface area contributed by atoms with Gasteiger partial charge < -0.3 is 9.47 Å². The fraction of sp³-hybridized carbons (Fsp3) is 0.833. The Kier molecular flexibility index (Phi) is 3.81. The van der Waals surface area contributed by atoms with Gasteiger partial charge in [0.05, 0.1) is 7.11 Å². The minimum absolute atomic E-state index is 0.0858. The van der Waals surface area contributed by atoms with Gasteiger partial charge in [-0.25, -0.2) is 0 Å². The van der Waals surface area contributed by atoms with Gasteiger partial charge in [-0.15, -0.1) is 4.48 Å². The van der Waals surface area contributed by atoms with Gasteiger partial charge in [0.1, 0.15) is 18.2 Å². The Bertz CT molecular complexity index is 321. The number of carbonyl (C=O) groups is 2. The van der Waals surface area contributed by atoms with Crippen LogP contribution >= 0.6 is 0 Å². The average molecular weight is 244 g/mol. The summed E-state index contributed by atoms with van der Waals surface area (Å²) in [4.78, 5) is 24.2. The van der Waals surface area contributed by atoms with E-state index in [1.54, 1.807) is 20.8 Å². The Morgan fingerprint density at radius 2 is 1.82 bits per heavy atom. The lowest BCUT2D eigenvalue weighted by Crippen LogP contribution is -2.60. The lowest BCUT2D eigenvalue weighted by Gasteiger charge is -2.32. The van der Waals surface area contributed by atoms with E-state index in [0.29, 0.717) is 6.54 Å². The Morgan fingerprint density at radius 1 is 1.24 bits per heavy atom. The van der Waals surface area contributed by atoms with E-state index in [1.807, 2.05) is 6.92 Å². The second-order valence-electron chi connectivity index (χ2n) is 5.53. The molecule has 0 bridgehead atoms. The molecule has 5 nitrogen and oxygen atoms in total. The van der Waals surface area contributed by atoms with Crippen molar-refractivity contribution in [3.8, 4) is 0 Å². The molecule has 0 aromatic carbocycles. The molecule has 5 heteroatoms. The molecule has 2 atom stereocenters. The van der Waals surface area contributed by atoms with Crippen LogP contribution in [0.15, 0.2) is 0 Å². The predicted octanol–water partition coefficient (Wildman–Crippen LogP) is 2.69. The summed E-state index contributed by atoms with van der Waals surface area (Å²) in [7, 11) is 1.30. The maximum absolute atomic E-state index is 12.2. The van der Waals surface area contributed by atoms with Gasteiger partial charge >= 0.3 is 12.2 Å². The van der Waals surface area contributed by atoms with Crippen molar-refractivity contribution in [2.75, 3.05) is 13.7 Å². The van der Waals surface area contributed by atoms with E-state index in [9.17, 15) is 9.59 Å². The van der Waals surface area contributed by atoms with E-state index in [-0.39, 0.29) is 10.5 Å². The van der Waals surface area contributed by atoms with Gasteiger partial charge in [0.2, 0.25) is 0 Å². The van der Waals surface area contributed by atoms with Crippen LogP contribution < -0.4 is 0 Å². The van der Waals surface area contributed by atoms with Crippen molar-refractivity contribution in [2.45, 2.75) is 52.2 Å². The average Bonchev–Trinajstić information content (AvgIpc) is 2.57. The molecule has 0 N–H and O–H groups in total. The lowest BCUT2D eigenvalue weighted by molar-refractivity contribution is -0.796. The molecule has 1 fully saturated rings. The Labute approximate surface area is 102 Å². The van der Waals surface area contributed by atoms with Crippen molar-refractivity contribution >= 4 is 12.2 Å². The second kappa shape index (κ2) is 4.64. The summed E-state index contributed by atoms with van der Waals surface area (Å²) in [6.45, 7) is 7.72. The summed E-state index contributed by atoms with van der Waals surface area (Å²) in [6.07, 6.45) is 0.628. The first-order chi connectivity index (χ1) is 7.74. The molecule has 1 rings (SSSR count). The van der Waals surface area contributed by atoms with Gasteiger partial charge in [-0.3, -0.25) is 0 Å². The molecule has 0 aromatic heterocycles. The molecule has 1 aliphatic heterocycles. The molecule has 1 unspecified atom stereocenters. The summed E-state index contributed by atoms with van der Waals surface area (Å²) in [6, 6.07) is -0.0858. The molecule has 98 valence electrons. The molecule has 1 saturated heterocycles. The standard InChI is InChI=1S/C12H22NO4/c1-9-7-6-8-13(9,10(14)16-5)11(15)17-12(2,3)4/h9H,6-8H2,1-5H3/q+1/t9-,13?/m1/s1. The number of ether oxygens (including phenoxy) is 2. The molecule has 0 saturated carbocycles. The van der Waals surface area contributed by atoms with Crippen LogP contribution in [0.4, 0.5) is 9.59 Å². The molecule has 2 amide bonds. The highest BCUT2D eigenvalue weighted by Gasteiger charge is 2.56. The van der Waals surface area contributed by atoms with Gasteiger partial charge in [-0.1, -0.05) is 0 Å². The fourth-order valence-corrected chi connectivity index (χ4v) is 2.20. The minimum Gasteiger partial charge on any atom is -0.423 e. The summed E-state index contributed by atoms with van der Waals surface area (Å²) >= 11 is 0. The molecule has 1 aliphatic rings. The second-order valence-corrected chi connectivity index (χ2v) is 5.53. The van der Waals surface area contributed by atoms with Crippen LogP contribution in [0.5, 0.6) is 0 Å². The number of nitrogens with zero attached hydrogens (tertiary/aromatic N) is 1. The SMILES string of the molecule is COC(=O)[N+]1(C(=O)OC(C)(C)C)CCC[C@H]1C. The van der Waals surface area contributed by atoms with Crippen LogP contribution in [0.1, 0.15) is 40.5 Å². The number of likely N-dealkylation sites (tertiary alicyclic amines) is 1. The van der Waals surface area contributed by atoms with Crippen LogP contribution in [0, 0.1) is 0 Å². The molecular weight excluding hydrogens is 222 g/mol. The molecule has 0 radical (unpaired) electrons. The Morgan fingerprint density at radius 3 is 2.18 bits per heavy atom. The first-order valence-corrected chi connectivity index (χ1v) is 5.94. The van der Waals surface area contributed by atoms with Crippen LogP contribution in [-0.4, -0.2) is 42.0 Å². The summed E-state index contributed by atoms with van der Waals surface area (Å²) in [5.41, 5.74) is -0.599. The van der Waals surface area contributed by atoms with Crippen LogP contribution in [0.25, 0.3) is 0 Å². The third kappa shape index (κ3) is 2.60. The normalized spacial score (nSPS) is 28.9. The smallest absolute Gasteiger partial charge is 0.423 e. The zero-order chi connectivity index (χ0) is 13.3. The number of amides is 2. The van der Waals surface area contributed by atoms with Crippen molar-refractivity contribution < 1.29 is 23.5 Å². The van der Waals surface area contributed by atoms with Gasteiger partial charge in [-0.05, 0) is 27.7 Å². The molecule has 17 heavy (non-hydrogen) atoms. The highest BCUT2D eigenvalue weighted by Crippen LogP contribution is 2.31. The third-order valence-electron chi connectivity index (χ3n) is 3.10. The zero-order valence-electron chi connectivity index (χ0n) is 11.3. The van der Waals surface area contributed by atoms with E-state index in [1.165, 1.54) is 7.11 Å². The number of imide groups is 1. The molecule has 1 heterocycles. The maximum Gasteiger partial charge on any atom is 0.527 e. The minimum atomic E-state index is -0.599. The maximum atomic E-state index is 12.2. The third-order valence-corrected chi connectivity index (χ3v) is 3.10. The zero-order valence-corrected chi connectivity index (χ0v) is 11.3. The molecule has 0 aliphatic carbocycles. The monoisotopic (exact) mass is 244 g/mol. The van der Waals surface area contributed by atoms with Crippen molar-refractivity contribution in [3.63, 3.8) is 0 Å². The van der Waals surface area contributed by atoms with E-state index >= 15 is 0 Å². The Balaban J connectivity index is 3.00. The van der Waals surface area contributed by atoms with E-state index in [2.05, 4.69) is 0 Å². The van der Waals surface area contributed by atoms with E-state index < -0.39 is 17.8 Å². The number of carbonyl (C=O) groups excluding carboxylic acids is 2. The van der Waals surface area contributed by atoms with Crippen LogP contribution in [0.3, 0.4) is 0 Å². The van der Waals surface area contributed by atoms with Gasteiger partial charge in [0, 0.05) is 12.8 Å². The molecular formula is C12H22NO4+. The topological polar surface area (TPSA) is 52.6 Å². The van der Waals surface area contributed by atoms with Crippen LogP contribution in [0.2, 0.25) is 0 Å². The number of rotatable bonds is 0. The first-order valence-electron chi connectivity index (χ1n) is 5.94. The lowest BCUT2D eigenvalue weighted by atomic mass is 10.2. The van der Waals surface area contributed by atoms with Crippen molar-refractivity contribution in [1.82, 2.24) is 0 Å².